The highest BCUT2D eigenvalue weighted by Crippen LogP contribution is 2.60. The molecule has 0 spiro atoms. The summed E-state index contributed by atoms with van der Waals surface area (Å²) in [6.07, 6.45) is 0. The molecule has 3 aliphatic carbocycles. The predicted octanol–water partition coefficient (Wildman–Crippen LogP) is 3.72. The van der Waals surface area contributed by atoms with E-state index in [1.807, 2.05) is 48.5 Å². The second-order valence-corrected chi connectivity index (χ2v) is 10.0. The Morgan fingerprint density at radius 2 is 1.39 bits per heavy atom. The van der Waals surface area contributed by atoms with E-state index < -0.39 is 36.9 Å². The molecule has 1 N–H and O–H groups in total. The molecule has 4 aliphatic rings. The maximum absolute atomic E-state index is 13.6. The molecule has 9 heteroatoms. The van der Waals surface area contributed by atoms with Gasteiger partial charge in [-0.15, -0.1) is 0 Å². The fourth-order valence-corrected chi connectivity index (χ4v) is 6.35. The van der Waals surface area contributed by atoms with Crippen LogP contribution in [-0.4, -0.2) is 48.9 Å². The minimum Gasteiger partial charge on any atom is -0.495 e. The fraction of sp³-hybridized carbons (Fsp3) is 0.241. The molecule has 1 saturated heterocycles. The van der Waals surface area contributed by atoms with Crippen molar-refractivity contribution < 1.29 is 28.7 Å². The minimum absolute atomic E-state index is 0.256. The van der Waals surface area contributed by atoms with Crippen molar-refractivity contribution in [2.75, 3.05) is 25.6 Å². The number of esters is 1. The number of halogens is 1. The summed E-state index contributed by atoms with van der Waals surface area (Å²) in [7, 11) is 1.45. The van der Waals surface area contributed by atoms with Crippen LogP contribution in [0.4, 0.5) is 5.69 Å². The number of carbonyl (C=O) groups excluding carboxylic acids is 4. The van der Waals surface area contributed by atoms with E-state index in [0.29, 0.717) is 16.5 Å². The third kappa shape index (κ3) is 3.75. The Balaban J connectivity index is 1.17. The number of nitrogens with zero attached hydrogens (tertiary/aromatic N) is 1. The number of likely N-dealkylation sites (tertiary alicyclic amines) is 1. The number of hydrogen-bond donors (Lipinski definition) is 1. The number of rotatable bonds is 6. The topological polar surface area (TPSA) is 102 Å². The van der Waals surface area contributed by atoms with Crippen LogP contribution in [0.5, 0.6) is 5.75 Å². The lowest BCUT2D eigenvalue weighted by Crippen LogP contribution is -2.41. The largest absolute Gasteiger partial charge is 0.495 e. The van der Waals surface area contributed by atoms with Crippen LogP contribution >= 0.6 is 11.6 Å². The van der Waals surface area contributed by atoms with Crippen molar-refractivity contribution in [3.63, 3.8) is 0 Å². The number of amides is 3. The molecule has 2 bridgehead atoms. The van der Waals surface area contributed by atoms with E-state index in [2.05, 4.69) is 5.32 Å². The maximum atomic E-state index is 13.6. The van der Waals surface area contributed by atoms with Gasteiger partial charge in [-0.1, -0.05) is 60.1 Å². The Morgan fingerprint density at radius 3 is 1.89 bits per heavy atom. The van der Waals surface area contributed by atoms with Gasteiger partial charge in [0.15, 0.2) is 6.61 Å². The number of carbonyl (C=O) groups is 4. The third-order valence-corrected chi connectivity index (χ3v) is 7.86. The Bertz CT molecular complexity index is 1390. The lowest BCUT2D eigenvalue weighted by atomic mass is 9.55. The Morgan fingerprint density at radius 1 is 0.868 bits per heavy atom. The van der Waals surface area contributed by atoms with Gasteiger partial charge in [0.2, 0.25) is 11.8 Å². The van der Waals surface area contributed by atoms with Crippen LogP contribution in [0, 0.1) is 11.8 Å². The molecule has 8 nitrogen and oxygen atoms in total. The molecule has 3 amide bonds. The van der Waals surface area contributed by atoms with Gasteiger partial charge >= 0.3 is 5.97 Å². The van der Waals surface area contributed by atoms with Gasteiger partial charge < -0.3 is 14.8 Å². The van der Waals surface area contributed by atoms with E-state index in [4.69, 9.17) is 21.1 Å². The van der Waals surface area contributed by atoms with Gasteiger partial charge in [-0.25, -0.2) is 0 Å². The van der Waals surface area contributed by atoms with Crippen molar-refractivity contribution in [3.8, 4) is 5.75 Å². The number of methoxy groups -OCH3 is 1. The van der Waals surface area contributed by atoms with E-state index in [0.717, 1.165) is 27.2 Å². The summed E-state index contributed by atoms with van der Waals surface area (Å²) in [6.45, 7) is -1.15. The third-order valence-electron chi connectivity index (χ3n) is 7.63. The van der Waals surface area contributed by atoms with Crippen LogP contribution in [0.25, 0.3) is 0 Å². The zero-order valence-corrected chi connectivity index (χ0v) is 21.1. The van der Waals surface area contributed by atoms with Gasteiger partial charge in [-0.2, -0.15) is 0 Å². The predicted molar refractivity (Wildman–Crippen MR) is 138 cm³/mol. The molecule has 0 aromatic heterocycles. The molecule has 1 heterocycles. The molecule has 0 unspecified atom stereocenters. The first kappa shape index (κ1) is 24.2. The van der Waals surface area contributed by atoms with E-state index >= 15 is 0 Å². The van der Waals surface area contributed by atoms with Gasteiger partial charge in [0.05, 0.1) is 24.6 Å². The molecule has 7 rings (SSSR count). The molecule has 3 aromatic carbocycles. The number of ether oxygens (including phenoxy) is 2. The van der Waals surface area contributed by atoms with Crippen LogP contribution in [0.3, 0.4) is 0 Å². The molecule has 2 atom stereocenters. The van der Waals surface area contributed by atoms with Crippen LogP contribution < -0.4 is 10.1 Å². The second kappa shape index (κ2) is 9.29. The molecular weight excluding hydrogens is 508 g/mol. The van der Waals surface area contributed by atoms with Crippen molar-refractivity contribution in [1.29, 1.82) is 0 Å². The average Bonchev–Trinajstić information content (AvgIpc) is 3.17. The molecule has 192 valence electrons. The lowest BCUT2D eigenvalue weighted by Gasteiger charge is -2.45. The van der Waals surface area contributed by atoms with Gasteiger partial charge in [-0.05, 0) is 40.5 Å². The highest BCUT2D eigenvalue weighted by molar-refractivity contribution is 6.31. The highest BCUT2D eigenvalue weighted by Gasteiger charge is 2.61. The lowest BCUT2D eigenvalue weighted by molar-refractivity contribution is -0.154. The summed E-state index contributed by atoms with van der Waals surface area (Å²) >= 11 is 5.98. The molecule has 3 aromatic rings. The Labute approximate surface area is 223 Å². The maximum Gasteiger partial charge on any atom is 0.326 e. The average molecular weight is 531 g/mol. The number of nitrogens with one attached hydrogen (secondary N) is 1. The Hall–Kier alpha value is -4.17. The highest BCUT2D eigenvalue weighted by atomic mass is 35.5. The van der Waals surface area contributed by atoms with E-state index in [9.17, 15) is 19.2 Å². The summed E-state index contributed by atoms with van der Waals surface area (Å²) in [5.41, 5.74) is 4.53. The summed E-state index contributed by atoms with van der Waals surface area (Å²) in [5.74, 6) is -3.51. The first-order valence-corrected chi connectivity index (χ1v) is 12.6. The van der Waals surface area contributed by atoms with Crippen LogP contribution in [-0.2, 0) is 23.9 Å². The van der Waals surface area contributed by atoms with E-state index in [1.54, 1.807) is 12.1 Å². The van der Waals surface area contributed by atoms with Crippen LogP contribution in [0.15, 0.2) is 66.7 Å². The van der Waals surface area contributed by atoms with Gasteiger partial charge in [0.1, 0.15) is 12.3 Å². The van der Waals surface area contributed by atoms with Gasteiger partial charge in [0, 0.05) is 16.9 Å². The number of anilines is 1. The van der Waals surface area contributed by atoms with Gasteiger partial charge in [0.25, 0.3) is 5.91 Å². The molecule has 1 aliphatic heterocycles. The monoisotopic (exact) mass is 530 g/mol. The SMILES string of the molecule is COc1ccc(Cl)cc1NC(=O)COC(=O)CN1C(=O)[C@@H]2C3c4ccccc4C(c4ccccc43)[C@H]2C1=O. The van der Waals surface area contributed by atoms with Crippen LogP contribution in [0.1, 0.15) is 34.1 Å². The summed E-state index contributed by atoms with van der Waals surface area (Å²) in [6, 6.07) is 20.5. The summed E-state index contributed by atoms with van der Waals surface area (Å²) in [5, 5.41) is 2.97. The minimum atomic E-state index is -0.846. The van der Waals surface area contributed by atoms with Crippen molar-refractivity contribution >= 4 is 41.0 Å². The second-order valence-electron chi connectivity index (χ2n) is 9.58. The zero-order chi connectivity index (χ0) is 26.6. The first-order valence-electron chi connectivity index (χ1n) is 12.2. The van der Waals surface area contributed by atoms with Gasteiger partial charge in [-0.3, -0.25) is 24.1 Å². The van der Waals surface area contributed by atoms with Crippen molar-refractivity contribution in [2.45, 2.75) is 11.8 Å². The molecular formula is C29H23ClN2O6. The van der Waals surface area contributed by atoms with Crippen molar-refractivity contribution in [2.24, 2.45) is 11.8 Å². The molecule has 0 saturated carbocycles. The fourth-order valence-electron chi connectivity index (χ4n) is 6.18. The van der Waals surface area contributed by atoms with Crippen LogP contribution in [0.2, 0.25) is 5.02 Å². The normalized spacial score (nSPS) is 22.4. The summed E-state index contributed by atoms with van der Waals surface area (Å²) in [4.78, 5) is 53.2. The quantitative estimate of drug-likeness (QED) is 0.385. The Kier molecular flexibility index (Phi) is 5.91. The summed E-state index contributed by atoms with van der Waals surface area (Å²) < 4.78 is 10.3. The smallest absolute Gasteiger partial charge is 0.326 e. The van der Waals surface area contributed by atoms with Crippen molar-refractivity contribution in [1.82, 2.24) is 4.90 Å². The van der Waals surface area contributed by atoms with E-state index in [-0.39, 0.29) is 23.7 Å². The zero-order valence-electron chi connectivity index (χ0n) is 20.3. The van der Waals surface area contributed by atoms with Crippen molar-refractivity contribution in [3.05, 3.63) is 94.0 Å². The number of benzene rings is 3. The van der Waals surface area contributed by atoms with E-state index in [1.165, 1.54) is 13.2 Å². The molecule has 0 radical (unpaired) electrons. The number of imide groups is 1. The number of hydrogen-bond acceptors (Lipinski definition) is 6. The molecule has 38 heavy (non-hydrogen) atoms. The first-order chi connectivity index (χ1) is 18.4. The standard InChI is InChI=1S/C29H23ClN2O6/c1-37-21-11-10-15(30)12-20(21)31-22(33)14-38-23(34)13-32-28(35)26-24-16-6-2-3-7-17(16)25(27(26)29(32)36)19-9-5-4-8-18(19)24/h2-12,24-27H,13-14H2,1H3,(H,31,33)/t24?,25?,26-,27-/m1/s1. The molecule has 1 fully saturated rings.